The minimum absolute atomic E-state index is 0.0166. The first-order valence-corrected chi connectivity index (χ1v) is 9.32. The quantitative estimate of drug-likeness (QED) is 0.853. The zero-order valence-corrected chi connectivity index (χ0v) is 15.5. The van der Waals surface area contributed by atoms with E-state index in [0.717, 1.165) is 49.3 Å². The lowest BCUT2D eigenvalue weighted by atomic mass is 9.94. The van der Waals surface area contributed by atoms with Gasteiger partial charge >= 0.3 is 0 Å². The van der Waals surface area contributed by atoms with Crippen LogP contribution in [0.15, 0.2) is 0 Å². The van der Waals surface area contributed by atoms with Crippen molar-refractivity contribution in [2.24, 2.45) is 5.92 Å². The highest BCUT2D eigenvalue weighted by atomic mass is 16.5. The van der Waals surface area contributed by atoms with E-state index < -0.39 is 0 Å². The summed E-state index contributed by atoms with van der Waals surface area (Å²) in [6.07, 6.45) is 2.29. The molecule has 3 rings (SSSR count). The van der Waals surface area contributed by atoms with Crippen molar-refractivity contribution in [1.29, 1.82) is 0 Å². The molecule has 25 heavy (non-hydrogen) atoms. The number of carbonyl (C=O) groups is 2. The number of rotatable bonds is 5. The molecule has 1 aliphatic heterocycles. The van der Waals surface area contributed by atoms with Gasteiger partial charge in [0, 0.05) is 43.9 Å². The second-order valence-electron chi connectivity index (χ2n) is 7.61. The highest BCUT2D eigenvalue weighted by molar-refractivity contribution is 6.04. The fraction of sp³-hybridized carbons (Fsp3) is 0.684. The summed E-state index contributed by atoms with van der Waals surface area (Å²) in [5, 5.41) is 2.97. The molecular weight excluding hydrogens is 318 g/mol. The molecule has 0 bridgehead atoms. The summed E-state index contributed by atoms with van der Waals surface area (Å²) in [5.74, 6) is 0.622. The van der Waals surface area contributed by atoms with Gasteiger partial charge in [-0.3, -0.25) is 14.5 Å². The summed E-state index contributed by atoms with van der Waals surface area (Å²) in [5.41, 5.74) is 2.95. The van der Waals surface area contributed by atoms with Gasteiger partial charge in [0.2, 0.25) is 0 Å². The van der Waals surface area contributed by atoms with Gasteiger partial charge in [-0.1, -0.05) is 13.8 Å². The summed E-state index contributed by atoms with van der Waals surface area (Å²) in [6, 6.07) is 0. The minimum atomic E-state index is -0.149. The van der Waals surface area contributed by atoms with E-state index in [0.29, 0.717) is 31.2 Å². The lowest BCUT2D eigenvalue weighted by Gasteiger charge is -2.33. The van der Waals surface area contributed by atoms with Crippen molar-refractivity contribution in [3.8, 4) is 0 Å². The van der Waals surface area contributed by atoms with E-state index in [1.165, 1.54) is 0 Å². The topological polar surface area (TPSA) is 74.4 Å². The van der Waals surface area contributed by atoms with Crippen molar-refractivity contribution >= 4 is 11.7 Å². The SMILES string of the molecule is Cc1c(C(=O)NCC2CN(CC(C)C)CCO2)[nH]c2c1C(=O)CCC2. The summed E-state index contributed by atoms with van der Waals surface area (Å²) < 4.78 is 5.78. The van der Waals surface area contributed by atoms with Crippen LogP contribution in [-0.4, -0.2) is 60.5 Å². The number of hydrogen-bond donors (Lipinski definition) is 2. The van der Waals surface area contributed by atoms with Gasteiger partial charge in [0.05, 0.1) is 12.7 Å². The minimum Gasteiger partial charge on any atom is -0.374 e. The molecule has 1 aliphatic carbocycles. The van der Waals surface area contributed by atoms with E-state index in [4.69, 9.17) is 4.74 Å². The maximum absolute atomic E-state index is 12.6. The van der Waals surface area contributed by atoms with Crippen LogP contribution in [0.3, 0.4) is 0 Å². The van der Waals surface area contributed by atoms with Crippen molar-refractivity contribution < 1.29 is 14.3 Å². The third kappa shape index (κ3) is 4.12. The lowest BCUT2D eigenvalue weighted by Crippen LogP contribution is -2.48. The molecule has 0 saturated carbocycles. The molecule has 2 heterocycles. The van der Waals surface area contributed by atoms with Gasteiger partial charge in [-0.2, -0.15) is 0 Å². The molecule has 6 nitrogen and oxygen atoms in total. The van der Waals surface area contributed by atoms with E-state index in [1.807, 2.05) is 6.92 Å². The first-order valence-electron chi connectivity index (χ1n) is 9.32. The van der Waals surface area contributed by atoms with E-state index in [-0.39, 0.29) is 17.8 Å². The number of H-pyrrole nitrogens is 1. The number of hydrogen-bond acceptors (Lipinski definition) is 4. The molecule has 1 unspecified atom stereocenters. The molecule has 1 aromatic heterocycles. The molecule has 138 valence electrons. The second-order valence-corrected chi connectivity index (χ2v) is 7.61. The Morgan fingerprint density at radius 3 is 2.92 bits per heavy atom. The number of ketones is 1. The molecule has 2 N–H and O–H groups in total. The number of aryl methyl sites for hydroxylation is 1. The number of nitrogens with one attached hydrogen (secondary N) is 2. The van der Waals surface area contributed by atoms with Gasteiger partial charge in [-0.05, 0) is 31.2 Å². The third-order valence-electron chi connectivity index (χ3n) is 5.00. The number of fused-ring (bicyclic) bond motifs is 1. The van der Waals surface area contributed by atoms with Crippen molar-refractivity contribution in [1.82, 2.24) is 15.2 Å². The van der Waals surface area contributed by atoms with Crippen molar-refractivity contribution in [2.45, 2.75) is 46.1 Å². The Morgan fingerprint density at radius 1 is 1.40 bits per heavy atom. The van der Waals surface area contributed by atoms with Gasteiger partial charge in [0.25, 0.3) is 5.91 Å². The Labute approximate surface area is 149 Å². The van der Waals surface area contributed by atoms with Crippen LogP contribution in [0.5, 0.6) is 0 Å². The highest BCUT2D eigenvalue weighted by Crippen LogP contribution is 2.26. The zero-order chi connectivity index (χ0) is 18.0. The number of ether oxygens (including phenoxy) is 1. The smallest absolute Gasteiger partial charge is 0.268 e. The second kappa shape index (κ2) is 7.70. The summed E-state index contributed by atoms with van der Waals surface area (Å²) in [7, 11) is 0. The molecule has 0 aromatic carbocycles. The van der Waals surface area contributed by atoms with Gasteiger partial charge in [0.15, 0.2) is 5.78 Å². The Kier molecular flexibility index (Phi) is 5.59. The molecule has 1 saturated heterocycles. The van der Waals surface area contributed by atoms with Crippen LogP contribution in [0, 0.1) is 12.8 Å². The number of amides is 1. The van der Waals surface area contributed by atoms with Crippen LogP contribution < -0.4 is 5.32 Å². The summed E-state index contributed by atoms with van der Waals surface area (Å²) >= 11 is 0. The number of Topliss-reactive ketones (excluding diaryl/α,β-unsaturated/α-hetero) is 1. The van der Waals surface area contributed by atoms with Gasteiger partial charge in [-0.25, -0.2) is 0 Å². The van der Waals surface area contributed by atoms with Crippen LogP contribution in [0.25, 0.3) is 0 Å². The Bertz CT molecular complexity index is 651. The number of aromatic amines is 1. The van der Waals surface area contributed by atoms with Crippen LogP contribution in [0.1, 0.15) is 58.8 Å². The Balaban J connectivity index is 1.59. The largest absolute Gasteiger partial charge is 0.374 e. The predicted octanol–water partition coefficient (Wildman–Crippen LogP) is 1.93. The first-order chi connectivity index (χ1) is 12.0. The molecule has 1 fully saturated rings. The molecular formula is C19H29N3O3. The molecule has 2 aliphatic rings. The van der Waals surface area contributed by atoms with Crippen molar-refractivity contribution in [3.05, 3.63) is 22.5 Å². The lowest BCUT2D eigenvalue weighted by molar-refractivity contribution is -0.0295. The molecule has 1 aromatic rings. The molecule has 0 radical (unpaired) electrons. The fourth-order valence-corrected chi connectivity index (χ4v) is 3.88. The van der Waals surface area contributed by atoms with E-state index in [1.54, 1.807) is 0 Å². The van der Waals surface area contributed by atoms with E-state index >= 15 is 0 Å². The van der Waals surface area contributed by atoms with Crippen LogP contribution in [0.2, 0.25) is 0 Å². The number of aromatic nitrogens is 1. The normalized spacial score (nSPS) is 21.4. The maximum Gasteiger partial charge on any atom is 0.268 e. The highest BCUT2D eigenvalue weighted by Gasteiger charge is 2.27. The monoisotopic (exact) mass is 347 g/mol. The average molecular weight is 347 g/mol. The van der Waals surface area contributed by atoms with E-state index in [9.17, 15) is 9.59 Å². The van der Waals surface area contributed by atoms with Crippen molar-refractivity contribution in [3.63, 3.8) is 0 Å². The number of morpholine rings is 1. The first kappa shape index (κ1) is 18.1. The molecule has 6 heteroatoms. The average Bonchev–Trinajstić information content (AvgIpc) is 2.91. The fourth-order valence-electron chi connectivity index (χ4n) is 3.88. The van der Waals surface area contributed by atoms with Gasteiger partial charge < -0.3 is 15.0 Å². The van der Waals surface area contributed by atoms with Gasteiger partial charge in [0.1, 0.15) is 5.69 Å². The van der Waals surface area contributed by atoms with Crippen molar-refractivity contribution in [2.75, 3.05) is 32.8 Å². The van der Waals surface area contributed by atoms with Crippen LogP contribution in [0.4, 0.5) is 0 Å². The third-order valence-corrected chi connectivity index (χ3v) is 5.00. The number of carbonyl (C=O) groups excluding carboxylic acids is 2. The van der Waals surface area contributed by atoms with E-state index in [2.05, 4.69) is 29.0 Å². The molecule has 1 atom stereocenters. The van der Waals surface area contributed by atoms with Crippen LogP contribution in [-0.2, 0) is 11.2 Å². The summed E-state index contributed by atoms with van der Waals surface area (Å²) in [6.45, 7) is 10.3. The molecule has 1 amide bonds. The molecule has 0 spiro atoms. The van der Waals surface area contributed by atoms with Gasteiger partial charge in [-0.15, -0.1) is 0 Å². The standard InChI is InChI=1S/C19H29N3O3/c1-12(2)10-22-7-8-25-14(11-22)9-20-19(24)18-13(3)17-15(21-18)5-4-6-16(17)23/h12,14,21H,4-11H2,1-3H3,(H,20,24). The predicted molar refractivity (Wildman–Crippen MR) is 96.1 cm³/mol. The Hall–Kier alpha value is -1.66. The maximum atomic E-state index is 12.6. The summed E-state index contributed by atoms with van der Waals surface area (Å²) in [4.78, 5) is 30.2. The Morgan fingerprint density at radius 2 is 2.20 bits per heavy atom. The van der Waals surface area contributed by atoms with Crippen LogP contribution >= 0.6 is 0 Å². The number of nitrogens with zero attached hydrogens (tertiary/aromatic N) is 1. The zero-order valence-electron chi connectivity index (χ0n) is 15.5.